The van der Waals surface area contributed by atoms with Crippen molar-refractivity contribution in [3.05, 3.63) is 22.6 Å². The van der Waals surface area contributed by atoms with Gasteiger partial charge in [-0.1, -0.05) is 0 Å². The van der Waals surface area contributed by atoms with E-state index in [2.05, 4.69) is 21.2 Å². The van der Waals surface area contributed by atoms with E-state index >= 15 is 0 Å². The first-order valence-electron chi connectivity index (χ1n) is 4.30. The zero-order valence-corrected chi connectivity index (χ0v) is 9.80. The third kappa shape index (κ3) is 2.59. The monoisotopic (exact) mass is 260 g/mol. The number of nitrogens with one attached hydrogen (secondary N) is 1. The Morgan fingerprint density at radius 1 is 1.71 bits per heavy atom. The number of amides is 1. The average molecular weight is 261 g/mol. The summed E-state index contributed by atoms with van der Waals surface area (Å²) < 4.78 is 5.76. The number of halogens is 1. The normalized spacial score (nSPS) is 10.2. The summed E-state index contributed by atoms with van der Waals surface area (Å²) in [7, 11) is 3.59. The van der Waals surface area contributed by atoms with Crippen molar-refractivity contribution in [1.82, 2.24) is 10.2 Å². The highest BCUT2D eigenvalue weighted by Crippen LogP contribution is 2.18. The molecule has 0 unspecified atom stereocenters. The Balaban J connectivity index is 2.61. The van der Waals surface area contributed by atoms with Gasteiger partial charge in [-0.05, 0) is 29.0 Å². The maximum absolute atomic E-state index is 11.7. The predicted molar refractivity (Wildman–Crippen MR) is 57.3 cm³/mol. The van der Waals surface area contributed by atoms with Crippen molar-refractivity contribution >= 4 is 21.8 Å². The standard InChI is InChI=1S/C9H13BrN2O2/c1-11-4-5-12(2)9(13)8-7(10)3-6-14-8/h3,6,11H,4-5H2,1-2H3. The van der Waals surface area contributed by atoms with Gasteiger partial charge < -0.3 is 14.6 Å². The molecule has 1 N–H and O–H groups in total. The van der Waals surface area contributed by atoms with Crippen molar-refractivity contribution in [3.63, 3.8) is 0 Å². The Labute approximate surface area is 91.4 Å². The van der Waals surface area contributed by atoms with Gasteiger partial charge >= 0.3 is 0 Å². The van der Waals surface area contributed by atoms with Gasteiger partial charge in [-0.25, -0.2) is 0 Å². The lowest BCUT2D eigenvalue weighted by Crippen LogP contribution is -2.32. The second kappa shape index (κ2) is 5.17. The van der Waals surface area contributed by atoms with Crippen LogP contribution in [0.4, 0.5) is 0 Å². The van der Waals surface area contributed by atoms with E-state index in [9.17, 15) is 4.79 Å². The number of carbonyl (C=O) groups is 1. The maximum atomic E-state index is 11.7. The van der Waals surface area contributed by atoms with Crippen molar-refractivity contribution in [2.75, 3.05) is 27.2 Å². The third-order valence-electron chi connectivity index (χ3n) is 1.86. The fourth-order valence-corrected chi connectivity index (χ4v) is 1.37. The molecule has 1 aromatic rings. The Bertz CT molecular complexity index is 312. The quantitative estimate of drug-likeness (QED) is 0.889. The molecule has 0 aliphatic carbocycles. The number of nitrogens with zero attached hydrogens (tertiary/aromatic N) is 1. The fraction of sp³-hybridized carbons (Fsp3) is 0.444. The Hall–Kier alpha value is -0.810. The van der Waals surface area contributed by atoms with E-state index in [4.69, 9.17) is 4.42 Å². The molecule has 1 aromatic heterocycles. The second-order valence-corrected chi connectivity index (χ2v) is 3.78. The SMILES string of the molecule is CNCCN(C)C(=O)c1occc1Br. The summed E-state index contributed by atoms with van der Waals surface area (Å²) in [6, 6.07) is 1.71. The smallest absolute Gasteiger partial charge is 0.290 e. The van der Waals surface area contributed by atoms with Crippen LogP contribution >= 0.6 is 15.9 Å². The van der Waals surface area contributed by atoms with Crippen molar-refractivity contribution in [2.24, 2.45) is 0 Å². The molecule has 1 rings (SSSR count). The molecule has 0 aliphatic heterocycles. The molecule has 0 saturated carbocycles. The van der Waals surface area contributed by atoms with Gasteiger partial charge in [0.1, 0.15) is 0 Å². The van der Waals surface area contributed by atoms with Gasteiger partial charge in [0.05, 0.1) is 10.7 Å². The molecular formula is C9H13BrN2O2. The highest BCUT2D eigenvalue weighted by atomic mass is 79.9. The zero-order valence-electron chi connectivity index (χ0n) is 8.21. The fourth-order valence-electron chi connectivity index (χ4n) is 1.00. The largest absolute Gasteiger partial charge is 0.458 e. The summed E-state index contributed by atoms with van der Waals surface area (Å²) in [6.45, 7) is 1.42. The van der Waals surface area contributed by atoms with Gasteiger partial charge in [-0.3, -0.25) is 4.79 Å². The van der Waals surface area contributed by atoms with E-state index in [0.717, 1.165) is 6.54 Å². The molecule has 0 radical (unpaired) electrons. The molecular weight excluding hydrogens is 248 g/mol. The number of rotatable bonds is 4. The van der Waals surface area contributed by atoms with Gasteiger partial charge in [-0.2, -0.15) is 0 Å². The number of hydrogen-bond acceptors (Lipinski definition) is 3. The molecule has 5 heteroatoms. The van der Waals surface area contributed by atoms with Crippen LogP contribution in [0.2, 0.25) is 0 Å². The Kier molecular flexibility index (Phi) is 4.16. The molecule has 0 fully saturated rings. The van der Waals surface area contributed by atoms with Gasteiger partial charge in [0.25, 0.3) is 5.91 Å². The lowest BCUT2D eigenvalue weighted by Gasteiger charge is -2.15. The van der Waals surface area contributed by atoms with Crippen molar-refractivity contribution < 1.29 is 9.21 Å². The van der Waals surface area contributed by atoms with E-state index in [0.29, 0.717) is 16.8 Å². The van der Waals surface area contributed by atoms with Gasteiger partial charge in [0.15, 0.2) is 0 Å². The number of carbonyl (C=O) groups excluding carboxylic acids is 1. The molecule has 0 aromatic carbocycles. The van der Waals surface area contributed by atoms with E-state index in [1.807, 2.05) is 7.05 Å². The topological polar surface area (TPSA) is 45.5 Å². The lowest BCUT2D eigenvalue weighted by molar-refractivity contribution is 0.0764. The molecule has 0 saturated heterocycles. The lowest BCUT2D eigenvalue weighted by atomic mass is 10.4. The minimum absolute atomic E-state index is 0.114. The minimum Gasteiger partial charge on any atom is -0.458 e. The molecule has 78 valence electrons. The van der Waals surface area contributed by atoms with E-state index in [1.165, 1.54) is 6.26 Å². The maximum Gasteiger partial charge on any atom is 0.290 e. The first kappa shape index (κ1) is 11.3. The summed E-state index contributed by atoms with van der Waals surface area (Å²) >= 11 is 3.25. The van der Waals surface area contributed by atoms with Crippen molar-refractivity contribution in [1.29, 1.82) is 0 Å². The van der Waals surface area contributed by atoms with Crippen LogP contribution < -0.4 is 5.32 Å². The van der Waals surface area contributed by atoms with Gasteiger partial charge in [-0.15, -0.1) is 0 Å². The molecule has 0 atom stereocenters. The molecule has 14 heavy (non-hydrogen) atoms. The number of furan rings is 1. The van der Waals surface area contributed by atoms with Crippen LogP contribution in [0.1, 0.15) is 10.6 Å². The molecule has 0 spiro atoms. The van der Waals surface area contributed by atoms with E-state index < -0.39 is 0 Å². The summed E-state index contributed by atoms with van der Waals surface area (Å²) in [5, 5.41) is 2.98. The molecule has 0 bridgehead atoms. The van der Waals surface area contributed by atoms with Crippen LogP contribution in [-0.4, -0.2) is 38.0 Å². The summed E-state index contributed by atoms with van der Waals surface area (Å²) in [6.07, 6.45) is 1.49. The highest BCUT2D eigenvalue weighted by Gasteiger charge is 2.17. The third-order valence-corrected chi connectivity index (χ3v) is 2.48. The minimum atomic E-state index is -0.114. The predicted octanol–water partition coefficient (Wildman–Crippen LogP) is 1.33. The highest BCUT2D eigenvalue weighted by molar-refractivity contribution is 9.10. The molecule has 0 aliphatic rings. The van der Waals surface area contributed by atoms with Gasteiger partial charge in [0, 0.05) is 20.1 Å². The summed E-state index contributed by atoms with van der Waals surface area (Å²) in [4.78, 5) is 13.3. The number of hydrogen-bond donors (Lipinski definition) is 1. The Morgan fingerprint density at radius 2 is 2.43 bits per heavy atom. The first-order chi connectivity index (χ1) is 6.66. The van der Waals surface area contributed by atoms with Gasteiger partial charge in [0.2, 0.25) is 5.76 Å². The van der Waals surface area contributed by atoms with Crippen LogP contribution in [0.25, 0.3) is 0 Å². The average Bonchev–Trinajstić information content (AvgIpc) is 2.59. The second-order valence-electron chi connectivity index (χ2n) is 2.93. The van der Waals surface area contributed by atoms with E-state index in [-0.39, 0.29) is 5.91 Å². The summed E-state index contributed by atoms with van der Waals surface area (Å²) in [5.41, 5.74) is 0. The van der Waals surface area contributed by atoms with Crippen LogP contribution in [0.5, 0.6) is 0 Å². The van der Waals surface area contributed by atoms with Crippen molar-refractivity contribution in [3.8, 4) is 0 Å². The van der Waals surface area contributed by atoms with Crippen molar-refractivity contribution in [2.45, 2.75) is 0 Å². The molecule has 1 heterocycles. The Morgan fingerprint density at radius 3 is 2.93 bits per heavy atom. The first-order valence-corrected chi connectivity index (χ1v) is 5.09. The van der Waals surface area contributed by atoms with Crippen LogP contribution in [0, 0.1) is 0 Å². The van der Waals surface area contributed by atoms with E-state index in [1.54, 1.807) is 18.0 Å². The van der Waals surface area contributed by atoms with Crippen LogP contribution in [0.15, 0.2) is 21.2 Å². The number of likely N-dealkylation sites (N-methyl/N-ethyl adjacent to an activating group) is 2. The molecule has 4 nitrogen and oxygen atoms in total. The molecule has 1 amide bonds. The summed E-state index contributed by atoms with van der Waals surface area (Å²) in [5.74, 6) is 0.237. The zero-order chi connectivity index (χ0) is 10.6. The van der Waals surface area contributed by atoms with Crippen LogP contribution in [-0.2, 0) is 0 Å². The van der Waals surface area contributed by atoms with Crippen LogP contribution in [0.3, 0.4) is 0 Å².